The van der Waals surface area contributed by atoms with Gasteiger partial charge in [0.15, 0.2) is 0 Å². The monoisotopic (exact) mass is 241 g/mol. The van der Waals surface area contributed by atoms with Gasteiger partial charge in [-0.2, -0.15) is 0 Å². The predicted octanol–water partition coefficient (Wildman–Crippen LogP) is 2.26. The fourth-order valence-electron chi connectivity index (χ4n) is 1.12. The standard InChI is InChI=1S/C11H12ClNO3/c1-6-3-4-8(11(15)16)5-9(6)13-10(14)7(2)12/h3-5,7H,1-2H3,(H,13,14)(H,15,16). The molecule has 0 saturated carbocycles. The Hall–Kier alpha value is -1.55. The van der Waals surface area contributed by atoms with Crippen LogP contribution in [0, 0.1) is 6.92 Å². The van der Waals surface area contributed by atoms with Crippen molar-refractivity contribution < 1.29 is 14.7 Å². The second-order valence-electron chi connectivity index (χ2n) is 3.44. The largest absolute Gasteiger partial charge is 0.478 e. The topological polar surface area (TPSA) is 66.4 Å². The van der Waals surface area contributed by atoms with Crippen LogP contribution < -0.4 is 5.32 Å². The van der Waals surface area contributed by atoms with Gasteiger partial charge in [-0.25, -0.2) is 4.79 Å². The summed E-state index contributed by atoms with van der Waals surface area (Å²) in [5, 5.41) is 10.7. The third-order valence-electron chi connectivity index (χ3n) is 2.10. The molecule has 0 bridgehead atoms. The maximum absolute atomic E-state index is 11.4. The summed E-state index contributed by atoms with van der Waals surface area (Å²) in [5.41, 5.74) is 1.39. The molecule has 0 spiro atoms. The van der Waals surface area contributed by atoms with Gasteiger partial charge in [-0.05, 0) is 31.5 Å². The highest BCUT2D eigenvalue weighted by Crippen LogP contribution is 2.17. The number of aromatic carboxylic acids is 1. The zero-order valence-corrected chi connectivity index (χ0v) is 9.71. The number of carboxylic acid groups (broad SMARTS) is 1. The summed E-state index contributed by atoms with van der Waals surface area (Å²) in [7, 11) is 0. The average molecular weight is 242 g/mol. The number of nitrogens with one attached hydrogen (secondary N) is 1. The average Bonchev–Trinajstić information content (AvgIpc) is 2.20. The molecule has 0 radical (unpaired) electrons. The molecule has 16 heavy (non-hydrogen) atoms. The molecule has 1 aromatic rings. The third-order valence-corrected chi connectivity index (χ3v) is 2.30. The van der Waals surface area contributed by atoms with Crippen molar-refractivity contribution >= 4 is 29.2 Å². The molecule has 2 N–H and O–H groups in total. The number of hydrogen-bond donors (Lipinski definition) is 2. The van der Waals surface area contributed by atoms with Gasteiger partial charge in [-0.15, -0.1) is 11.6 Å². The number of amides is 1. The highest BCUT2D eigenvalue weighted by molar-refractivity contribution is 6.32. The second kappa shape index (κ2) is 4.99. The van der Waals surface area contributed by atoms with Gasteiger partial charge in [0.1, 0.15) is 5.38 Å². The minimum atomic E-state index is -1.03. The van der Waals surface area contributed by atoms with Crippen LogP contribution in [0.5, 0.6) is 0 Å². The van der Waals surface area contributed by atoms with E-state index in [0.29, 0.717) is 5.69 Å². The summed E-state index contributed by atoms with van der Waals surface area (Å²) in [6, 6.07) is 4.53. The molecule has 1 aromatic carbocycles. The number of alkyl halides is 1. The van der Waals surface area contributed by atoms with Crippen LogP contribution in [-0.2, 0) is 4.79 Å². The number of hydrogen-bond acceptors (Lipinski definition) is 2. The summed E-state index contributed by atoms with van der Waals surface area (Å²) < 4.78 is 0. The van der Waals surface area contributed by atoms with Crippen molar-refractivity contribution in [2.75, 3.05) is 5.32 Å². The van der Waals surface area contributed by atoms with Gasteiger partial charge < -0.3 is 10.4 Å². The minimum Gasteiger partial charge on any atom is -0.478 e. The van der Waals surface area contributed by atoms with E-state index >= 15 is 0 Å². The van der Waals surface area contributed by atoms with Crippen LogP contribution in [0.4, 0.5) is 5.69 Å². The summed E-state index contributed by atoms with van der Waals surface area (Å²) in [6.07, 6.45) is 0. The first-order chi connectivity index (χ1) is 7.41. The molecule has 0 heterocycles. The number of rotatable bonds is 3. The molecular formula is C11H12ClNO3. The molecule has 0 fully saturated rings. The maximum atomic E-state index is 11.4. The van der Waals surface area contributed by atoms with Crippen LogP contribution in [0.3, 0.4) is 0 Å². The fraction of sp³-hybridized carbons (Fsp3) is 0.273. The zero-order chi connectivity index (χ0) is 12.3. The van der Waals surface area contributed by atoms with Crippen molar-refractivity contribution in [1.29, 1.82) is 0 Å². The Balaban J connectivity index is 2.99. The maximum Gasteiger partial charge on any atom is 0.335 e. The van der Waals surface area contributed by atoms with E-state index in [1.54, 1.807) is 19.9 Å². The number of carboxylic acids is 1. The van der Waals surface area contributed by atoms with E-state index in [9.17, 15) is 9.59 Å². The zero-order valence-electron chi connectivity index (χ0n) is 8.95. The van der Waals surface area contributed by atoms with E-state index < -0.39 is 11.3 Å². The normalized spacial score (nSPS) is 11.9. The number of carbonyl (C=O) groups is 2. The van der Waals surface area contributed by atoms with Crippen molar-refractivity contribution in [2.24, 2.45) is 0 Å². The van der Waals surface area contributed by atoms with Crippen molar-refractivity contribution in [3.8, 4) is 0 Å². The van der Waals surface area contributed by atoms with E-state index in [2.05, 4.69) is 5.32 Å². The number of halogens is 1. The molecule has 4 nitrogen and oxygen atoms in total. The van der Waals surface area contributed by atoms with Crippen LogP contribution in [0.15, 0.2) is 18.2 Å². The highest BCUT2D eigenvalue weighted by atomic mass is 35.5. The molecule has 0 aliphatic heterocycles. The first-order valence-corrected chi connectivity index (χ1v) is 5.14. The fourth-order valence-corrected chi connectivity index (χ4v) is 1.18. The SMILES string of the molecule is Cc1ccc(C(=O)O)cc1NC(=O)C(C)Cl. The van der Waals surface area contributed by atoms with Gasteiger partial charge in [0.2, 0.25) is 5.91 Å². The molecule has 1 rings (SSSR count). The summed E-state index contributed by atoms with van der Waals surface area (Å²) >= 11 is 5.60. The van der Waals surface area contributed by atoms with Gasteiger partial charge in [0, 0.05) is 5.69 Å². The molecule has 0 aromatic heterocycles. The Kier molecular flexibility index (Phi) is 3.90. The molecule has 1 atom stereocenters. The van der Waals surface area contributed by atoms with E-state index in [1.165, 1.54) is 12.1 Å². The van der Waals surface area contributed by atoms with E-state index in [4.69, 9.17) is 16.7 Å². The van der Waals surface area contributed by atoms with Crippen LogP contribution >= 0.6 is 11.6 Å². The summed E-state index contributed by atoms with van der Waals surface area (Å²) in [5.74, 6) is -1.39. The lowest BCUT2D eigenvalue weighted by Gasteiger charge is -2.10. The van der Waals surface area contributed by atoms with Crippen molar-refractivity contribution in [1.82, 2.24) is 0 Å². The van der Waals surface area contributed by atoms with Gasteiger partial charge in [-0.3, -0.25) is 4.79 Å². The molecule has 0 aliphatic carbocycles. The molecule has 1 unspecified atom stereocenters. The lowest BCUT2D eigenvalue weighted by atomic mass is 10.1. The van der Waals surface area contributed by atoms with Crippen molar-refractivity contribution in [3.63, 3.8) is 0 Å². The first kappa shape index (κ1) is 12.5. The van der Waals surface area contributed by atoms with E-state index in [0.717, 1.165) is 5.56 Å². The lowest BCUT2D eigenvalue weighted by molar-refractivity contribution is -0.115. The summed E-state index contributed by atoms with van der Waals surface area (Å²) in [4.78, 5) is 22.1. The second-order valence-corrected chi connectivity index (χ2v) is 4.09. The number of anilines is 1. The Morgan fingerprint density at radius 2 is 2.06 bits per heavy atom. The van der Waals surface area contributed by atoms with Gasteiger partial charge in [-0.1, -0.05) is 6.07 Å². The van der Waals surface area contributed by atoms with Crippen LogP contribution in [-0.4, -0.2) is 22.4 Å². The Labute approximate surface area is 98.2 Å². The number of aryl methyl sites for hydroxylation is 1. The third kappa shape index (κ3) is 2.97. The Bertz CT molecular complexity index is 429. The Morgan fingerprint density at radius 3 is 2.56 bits per heavy atom. The van der Waals surface area contributed by atoms with Crippen molar-refractivity contribution in [2.45, 2.75) is 19.2 Å². The predicted molar refractivity (Wildman–Crippen MR) is 62.1 cm³/mol. The molecule has 0 saturated heterocycles. The van der Waals surface area contributed by atoms with Crippen molar-refractivity contribution in [3.05, 3.63) is 29.3 Å². The molecule has 1 amide bonds. The lowest BCUT2D eigenvalue weighted by Crippen LogP contribution is -2.21. The van der Waals surface area contributed by atoms with Crippen LogP contribution in [0.1, 0.15) is 22.8 Å². The molecular weight excluding hydrogens is 230 g/mol. The quantitative estimate of drug-likeness (QED) is 0.798. The van der Waals surface area contributed by atoms with E-state index in [1.807, 2.05) is 0 Å². The smallest absolute Gasteiger partial charge is 0.335 e. The van der Waals surface area contributed by atoms with Gasteiger partial charge in [0.05, 0.1) is 5.56 Å². The summed E-state index contributed by atoms with van der Waals surface area (Å²) in [6.45, 7) is 3.33. The molecule has 86 valence electrons. The number of carbonyl (C=O) groups excluding carboxylic acids is 1. The Morgan fingerprint density at radius 1 is 1.44 bits per heavy atom. The highest BCUT2D eigenvalue weighted by Gasteiger charge is 2.12. The van der Waals surface area contributed by atoms with Crippen LogP contribution in [0.25, 0.3) is 0 Å². The molecule has 0 aliphatic rings. The minimum absolute atomic E-state index is 0.128. The van der Waals surface area contributed by atoms with Gasteiger partial charge in [0.25, 0.3) is 0 Å². The molecule has 5 heteroatoms. The van der Waals surface area contributed by atoms with Gasteiger partial charge >= 0.3 is 5.97 Å². The van der Waals surface area contributed by atoms with Crippen LogP contribution in [0.2, 0.25) is 0 Å². The first-order valence-electron chi connectivity index (χ1n) is 4.70. The number of benzene rings is 1. The van der Waals surface area contributed by atoms with E-state index in [-0.39, 0.29) is 11.5 Å².